The van der Waals surface area contributed by atoms with Crippen LogP contribution in [-0.2, 0) is 16.4 Å². The highest BCUT2D eigenvalue weighted by Gasteiger charge is 2.17. The summed E-state index contributed by atoms with van der Waals surface area (Å²) in [6.45, 7) is 2.23. The molecule has 0 aliphatic carbocycles. The molecule has 3 rings (SSSR count). The molecule has 0 saturated heterocycles. The van der Waals surface area contributed by atoms with Crippen molar-refractivity contribution < 1.29 is 13.2 Å². The lowest BCUT2D eigenvalue weighted by Crippen LogP contribution is -2.26. The third-order valence-corrected chi connectivity index (χ3v) is 5.80. The van der Waals surface area contributed by atoms with E-state index in [-0.39, 0.29) is 10.8 Å². The average Bonchev–Trinajstić information content (AvgIpc) is 2.71. The van der Waals surface area contributed by atoms with Crippen molar-refractivity contribution in [2.24, 2.45) is 0 Å². The molecule has 0 atom stereocenters. The van der Waals surface area contributed by atoms with Gasteiger partial charge in [0.2, 0.25) is 0 Å². The largest absolute Gasteiger partial charge is 0.352 e. The molecule has 1 amide bonds. The lowest BCUT2D eigenvalue weighted by molar-refractivity contribution is 0.0953. The summed E-state index contributed by atoms with van der Waals surface area (Å²) in [6.07, 6.45) is 0.728. The first-order chi connectivity index (χ1) is 13.5. The molecule has 0 aromatic heterocycles. The molecule has 6 heteroatoms. The SMILES string of the molecule is Cc1c(NS(=O)(=O)c2ccccc2)cccc1C(=O)NCCc1ccccc1. The van der Waals surface area contributed by atoms with Gasteiger partial charge in [0.15, 0.2) is 0 Å². The summed E-state index contributed by atoms with van der Waals surface area (Å²) in [5.41, 5.74) is 2.56. The maximum atomic E-state index is 12.6. The van der Waals surface area contributed by atoms with Crippen LogP contribution in [0, 0.1) is 6.92 Å². The number of hydrogen-bond acceptors (Lipinski definition) is 3. The topological polar surface area (TPSA) is 75.3 Å². The van der Waals surface area contributed by atoms with Crippen LogP contribution in [0.2, 0.25) is 0 Å². The molecular formula is C22H22N2O3S. The number of nitrogens with one attached hydrogen (secondary N) is 2. The first-order valence-electron chi connectivity index (χ1n) is 8.97. The maximum absolute atomic E-state index is 12.6. The van der Waals surface area contributed by atoms with Crippen LogP contribution in [0.15, 0.2) is 83.8 Å². The van der Waals surface area contributed by atoms with E-state index in [1.54, 1.807) is 43.3 Å². The van der Waals surface area contributed by atoms with Crippen LogP contribution < -0.4 is 10.0 Å². The van der Waals surface area contributed by atoms with E-state index in [1.165, 1.54) is 12.1 Å². The maximum Gasteiger partial charge on any atom is 0.261 e. The fourth-order valence-electron chi connectivity index (χ4n) is 2.86. The molecule has 28 heavy (non-hydrogen) atoms. The Hall–Kier alpha value is -3.12. The lowest BCUT2D eigenvalue weighted by Gasteiger charge is -2.14. The highest BCUT2D eigenvalue weighted by molar-refractivity contribution is 7.92. The minimum atomic E-state index is -3.71. The highest BCUT2D eigenvalue weighted by Crippen LogP contribution is 2.22. The first-order valence-corrected chi connectivity index (χ1v) is 10.5. The summed E-state index contributed by atoms with van der Waals surface area (Å²) in [7, 11) is -3.71. The Morgan fingerprint density at radius 2 is 1.50 bits per heavy atom. The smallest absolute Gasteiger partial charge is 0.261 e. The van der Waals surface area contributed by atoms with Gasteiger partial charge < -0.3 is 5.32 Å². The van der Waals surface area contributed by atoms with Gasteiger partial charge in [-0.15, -0.1) is 0 Å². The van der Waals surface area contributed by atoms with Crippen molar-refractivity contribution in [1.29, 1.82) is 0 Å². The van der Waals surface area contributed by atoms with Crippen LogP contribution in [0.3, 0.4) is 0 Å². The monoisotopic (exact) mass is 394 g/mol. The number of benzene rings is 3. The number of anilines is 1. The van der Waals surface area contributed by atoms with Gasteiger partial charge in [-0.2, -0.15) is 0 Å². The quantitative estimate of drug-likeness (QED) is 0.641. The zero-order valence-electron chi connectivity index (χ0n) is 15.6. The Morgan fingerprint density at radius 1 is 0.857 bits per heavy atom. The molecule has 144 valence electrons. The van der Waals surface area contributed by atoms with E-state index in [2.05, 4.69) is 10.0 Å². The van der Waals surface area contributed by atoms with Gasteiger partial charge in [0.1, 0.15) is 0 Å². The van der Waals surface area contributed by atoms with Crippen molar-refractivity contribution in [2.45, 2.75) is 18.2 Å². The number of rotatable bonds is 7. The lowest BCUT2D eigenvalue weighted by atomic mass is 10.1. The second-order valence-electron chi connectivity index (χ2n) is 6.39. The van der Waals surface area contributed by atoms with E-state index in [1.807, 2.05) is 30.3 Å². The molecule has 0 bridgehead atoms. The normalized spacial score (nSPS) is 11.0. The van der Waals surface area contributed by atoms with Crippen molar-refractivity contribution in [3.8, 4) is 0 Å². The van der Waals surface area contributed by atoms with Crippen LogP contribution in [-0.4, -0.2) is 20.9 Å². The minimum absolute atomic E-state index is 0.173. The Morgan fingerprint density at radius 3 is 2.18 bits per heavy atom. The third-order valence-electron chi connectivity index (χ3n) is 4.42. The molecule has 3 aromatic carbocycles. The summed E-state index contributed by atoms with van der Waals surface area (Å²) >= 11 is 0. The Labute approximate surface area is 165 Å². The summed E-state index contributed by atoms with van der Waals surface area (Å²) < 4.78 is 27.7. The second-order valence-corrected chi connectivity index (χ2v) is 8.07. The predicted molar refractivity (Wildman–Crippen MR) is 111 cm³/mol. The van der Waals surface area contributed by atoms with Gasteiger partial charge in [-0.25, -0.2) is 8.42 Å². The Kier molecular flexibility index (Phi) is 6.11. The van der Waals surface area contributed by atoms with Gasteiger partial charge in [0.25, 0.3) is 15.9 Å². The number of hydrogen-bond donors (Lipinski definition) is 2. The number of sulfonamides is 1. The van der Waals surface area contributed by atoms with E-state index >= 15 is 0 Å². The van der Waals surface area contributed by atoms with Crippen molar-refractivity contribution in [3.63, 3.8) is 0 Å². The highest BCUT2D eigenvalue weighted by atomic mass is 32.2. The summed E-state index contributed by atoms with van der Waals surface area (Å²) in [4.78, 5) is 12.7. The molecule has 3 aromatic rings. The van der Waals surface area contributed by atoms with Crippen LogP contribution in [0.1, 0.15) is 21.5 Å². The summed E-state index contributed by atoms with van der Waals surface area (Å²) in [6, 6.07) is 23.0. The van der Waals surface area contributed by atoms with E-state index in [0.717, 1.165) is 12.0 Å². The third kappa shape index (κ3) is 4.78. The molecule has 0 saturated carbocycles. The van der Waals surface area contributed by atoms with Gasteiger partial charge in [-0.05, 0) is 48.7 Å². The molecule has 0 aliphatic rings. The van der Waals surface area contributed by atoms with Crippen molar-refractivity contribution >= 4 is 21.6 Å². The van der Waals surface area contributed by atoms with Gasteiger partial charge >= 0.3 is 0 Å². The zero-order valence-corrected chi connectivity index (χ0v) is 16.4. The molecule has 5 nitrogen and oxygen atoms in total. The van der Waals surface area contributed by atoms with Crippen LogP contribution in [0.4, 0.5) is 5.69 Å². The summed E-state index contributed by atoms with van der Waals surface area (Å²) in [5, 5.41) is 2.89. The minimum Gasteiger partial charge on any atom is -0.352 e. The predicted octanol–water partition coefficient (Wildman–Crippen LogP) is 3.77. The summed E-state index contributed by atoms with van der Waals surface area (Å²) in [5.74, 6) is -0.228. The zero-order chi connectivity index (χ0) is 20.0. The molecule has 0 aliphatic heterocycles. The number of amides is 1. The molecule has 0 unspecified atom stereocenters. The van der Waals surface area contributed by atoms with Crippen LogP contribution in [0.5, 0.6) is 0 Å². The molecule has 0 heterocycles. The number of carbonyl (C=O) groups is 1. The molecular weight excluding hydrogens is 372 g/mol. The Balaban J connectivity index is 1.71. The van der Waals surface area contributed by atoms with Crippen molar-refractivity contribution in [2.75, 3.05) is 11.3 Å². The van der Waals surface area contributed by atoms with Gasteiger partial charge in [-0.3, -0.25) is 9.52 Å². The molecule has 0 radical (unpaired) electrons. The molecule has 0 fully saturated rings. The standard InChI is InChI=1S/C22H22N2O3S/c1-17-20(22(25)23-16-15-18-9-4-2-5-10-18)13-8-14-21(17)24-28(26,27)19-11-6-3-7-12-19/h2-14,24H,15-16H2,1H3,(H,23,25). The first kappa shape index (κ1) is 19.6. The van der Waals surface area contributed by atoms with Gasteiger partial charge in [-0.1, -0.05) is 54.6 Å². The van der Waals surface area contributed by atoms with Crippen molar-refractivity contribution in [3.05, 3.63) is 95.6 Å². The number of carbonyl (C=O) groups excluding carboxylic acids is 1. The molecule has 0 spiro atoms. The van der Waals surface area contributed by atoms with Crippen LogP contribution in [0.25, 0.3) is 0 Å². The van der Waals surface area contributed by atoms with Crippen molar-refractivity contribution in [1.82, 2.24) is 5.32 Å². The van der Waals surface area contributed by atoms with Crippen LogP contribution >= 0.6 is 0 Å². The average molecular weight is 394 g/mol. The Bertz CT molecular complexity index is 1050. The van der Waals surface area contributed by atoms with Gasteiger partial charge in [0, 0.05) is 12.1 Å². The van der Waals surface area contributed by atoms with Gasteiger partial charge in [0.05, 0.1) is 10.6 Å². The fourth-order valence-corrected chi connectivity index (χ4v) is 4.00. The molecule has 2 N–H and O–H groups in total. The fraction of sp³-hybridized carbons (Fsp3) is 0.136. The van der Waals surface area contributed by atoms with E-state index in [4.69, 9.17) is 0 Å². The van der Waals surface area contributed by atoms with E-state index < -0.39 is 10.0 Å². The second kappa shape index (κ2) is 8.71. The van der Waals surface area contributed by atoms with E-state index in [0.29, 0.717) is 23.4 Å². The van der Waals surface area contributed by atoms with E-state index in [9.17, 15) is 13.2 Å².